The highest BCUT2D eigenvalue weighted by molar-refractivity contribution is 8.02. The summed E-state index contributed by atoms with van der Waals surface area (Å²) in [5.74, 6) is 1.14. The van der Waals surface area contributed by atoms with Crippen LogP contribution in [-0.2, 0) is 17.2 Å². The van der Waals surface area contributed by atoms with Crippen LogP contribution in [0.25, 0.3) is 0 Å². The smallest absolute Gasteiger partial charge is 0.225 e. The number of hydrogen-bond donors (Lipinski definition) is 1. The van der Waals surface area contributed by atoms with E-state index < -0.39 is 0 Å². The Labute approximate surface area is 186 Å². The van der Waals surface area contributed by atoms with E-state index in [4.69, 9.17) is 4.74 Å². The number of thioether (sulfide) groups is 1. The van der Waals surface area contributed by atoms with Crippen LogP contribution in [0.4, 0.5) is 0 Å². The molecule has 1 atom stereocenters. The van der Waals surface area contributed by atoms with Gasteiger partial charge in [0.05, 0.1) is 16.7 Å². The maximum absolute atomic E-state index is 12.4. The Kier molecular flexibility index (Phi) is 6.71. The van der Waals surface area contributed by atoms with Gasteiger partial charge in [0, 0.05) is 18.1 Å². The predicted molar refractivity (Wildman–Crippen MR) is 123 cm³/mol. The molecule has 0 bridgehead atoms. The lowest BCUT2D eigenvalue weighted by atomic mass is 9.87. The molecule has 4 rings (SSSR count). The van der Waals surface area contributed by atoms with Crippen LogP contribution < -0.4 is 10.1 Å². The molecule has 1 aliphatic heterocycles. The van der Waals surface area contributed by atoms with Crippen LogP contribution >= 0.6 is 11.8 Å². The third-order valence-electron chi connectivity index (χ3n) is 5.11. The van der Waals surface area contributed by atoms with Gasteiger partial charge in [0.25, 0.3) is 0 Å². The first-order chi connectivity index (χ1) is 15.2. The predicted octanol–water partition coefficient (Wildman–Crippen LogP) is 5.54. The highest BCUT2D eigenvalue weighted by Gasteiger charge is 2.29. The van der Waals surface area contributed by atoms with Crippen molar-refractivity contribution in [1.82, 2.24) is 5.32 Å². The summed E-state index contributed by atoms with van der Waals surface area (Å²) in [6.07, 6.45) is 0.266. The van der Waals surface area contributed by atoms with E-state index >= 15 is 0 Å². The summed E-state index contributed by atoms with van der Waals surface area (Å²) in [7, 11) is 0. The van der Waals surface area contributed by atoms with Crippen LogP contribution in [0.15, 0.2) is 95.5 Å². The van der Waals surface area contributed by atoms with E-state index in [2.05, 4.69) is 11.4 Å². The number of rotatable bonds is 7. The second-order valence-corrected chi connectivity index (χ2v) is 8.26. The molecule has 5 heteroatoms. The molecule has 3 aromatic carbocycles. The van der Waals surface area contributed by atoms with Gasteiger partial charge in [-0.1, -0.05) is 72.8 Å². The molecule has 0 fully saturated rings. The number of nitrogens with zero attached hydrogens (tertiary/aromatic N) is 1. The lowest BCUT2D eigenvalue weighted by Gasteiger charge is -2.25. The van der Waals surface area contributed by atoms with E-state index in [0.29, 0.717) is 23.0 Å². The molecule has 0 spiro atoms. The normalized spacial score (nSPS) is 15.8. The van der Waals surface area contributed by atoms with Gasteiger partial charge in [0.1, 0.15) is 12.4 Å². The minimum atomic E-state index is -0.250. The fraction of sp³-hybridized carbons (Fsp3) is 0.154. The van der Waals surface area contributed by atoms with Crippen molar-refractivity contribution >= 4 is 17.7 Å². The van der Waals surface area contributed by atoms with Gasteiger partial charge in [-0.05, 0) is 28.8 Å². The number of carbonyl (C=O) groups is 1. The molecule has 1 heterocycles. The Balaban J connectivity index is 1.48. The molecule has 0 radical (unpaired) electrons. The maximum Gasteiger partial charge on any atom is 0.225 e. The summed E-state index contributed by atoms with van der Waals surface area (Å²) < 4.78 is 5.86. The van der Waals surface area contributed by atoms with Crippen molar-refractivity contribution in [2.24, 2.45) is 0 Å². The number of allylic oxidation sites excluding steroid dienone is 1. The summed E-state index contributed by atoms with van der Waals surface area (Å²) >= 11 is 1.49. The third kappa shape index (κ3) is 5.36. The van der Waals surface area contributed by atoms with Crippen LogP contribution in [0.5, 0.6) is 5.75 Å². The highest BCUT2D eigenvalue weighted by Crippen LogP contribution is 2.37. The number of hydrogen-bond acceptors (Lipinski definition) is 4. The molecule has 4 nitrogen and oxygen atoms in total. The molecule has 1 aliphatic rings. The SMILES string of the molecule is N#CC1=C(SCc2ccccc2)NC(=O)C[C@@H]1c1ccc(OCc2ccccc2)cc1. The number of carbonyl (C=O) groups excluding carboxylic acids is 1. The standard InChI is InChI=1S/C26H22N2O2S/c27-16-24-23(15-25(29)28-26(24)31-18-20-9-5-2-6-10-20)21-11-13-22(14-12-21)30-17-19-7-3-1-4-8-19/h1-14,23H,15,17-18H2,(H,28,29)/t23-/m1/s1. The van der Waals surface area contributed by atoms with Crippen molar-refractivity contribution < 1.29 is 9.53 Å². The zero-order chi connectivity index (χ0) is 21.5. The van der Waals surface area contributed by atoms with Crippen molar-refractivity contribution in [3.05, 3.63) is 112 Å². The Morgan fingerprint density at radius 2 is 1.58 bits per heavy atom. The van der Waals surface area contributed by atoms with Crippen LogP contribution in [-0.4, -0.2) is 5.91 Å². The average Bonchev–Trinajstić information content (AvgIpc) is 2.83. The summed E-state index contributed by atoms with van der Waals surface area (Å²) in [5, 5.41) is 13.4. The maximum atomic E-state index is 12.4. The fourth-order valence-corrected chi connectivity index (χ4v) is 4.52. The van der Waals surface area contributed by atoms with Crippen LogP contribution in [0.3, 0.4) is 0 Å². The molecule has 0 aliphatic carbocycles. The largest absolute Gasteiger partial charge is 0.489 e. The van der Waals surface area contributed by atoms with Gasteiger partial charge in [-0.25, -0.2) is 0 Å². The molecule has 3 aromatic rings. The van der Waals surface area contributed by atoms with Crippen LogP contribution in [0.1, 0.15) is 29.0 Å². The Bertz CT molecular complexity index is 1100. The second kappa shape index (κ2) is 10.0. The lowest BCUT2D eigenvalue weighted by Crippen LogP contribution is -2.30. The van der Waals surface area contributed by atoms with Gasteiger partial charge in [0.15, 0.2) is 0 Å². The summed E-state index contributed by atoms with van der Waals surface area (Å²) in [6.45, 7) is 0.496. The quantitative estimate of drug-likeness (QED) is 0.539. The van der Waals surface area contributed by atoms with Crippen LogP contribution in [0.2, 0.25) is 0 Å². The van der Waals surface area contributed by atoms with Gasteiger partial charge < -0.3 is 10.1 Å². The highest BCUT2D eigenvalue weighted by atomic mass is 32.2. The molecule has 154 valence electrons. The number of amides is 1. The zero-order valence-corrected chi connectivity index (χ0v) is 17.8. The van der Waals surface area contributed by atoms with E-state index in [1.165, 1.54) is 11.8 Å². The van der Waals surface area contributed by atoms with Gasteiger partial charge >= 0.3 is 0 Å². The first-order valence-corrected chi connectivity index (χ1v) is 11.1. The summed E-state index contributed by atoms with van der Waals surface area (Å²) in [4.78, 5) is 12.4. The Morgan fingerprint density at radius 1 is 0.935 bits per heavy atom. The van der Waals surface area contributed by atoms with E-state index in [-0.39, 0.29) is 18.2 Å². The van der Waals surface area contributed by atoms with Gasteiger partial charge in [0.2, 0.25) is 5.91 Å². The van der Waals surface area contributed by atoms with E-state index in [1.807, 2.05) is 84.9 Å². The molecule has 31 heavy (non-hydrogen) atoms. The van der Waals surface area contributed by atoms with E-state index in [1.54, 1.807) is 0 Å². The lowest BCUT2D eigenvalue weighted by molar-refractivity contribution is -0.120. The number of ether oxygens (including phenoxy) is 1. The number of benzene rings is 3. The topological polar surface area (TPSA) is 62.1 Å². The van der Waals surface area contributed by atoms with E-state index in [0.717, 1.165) is 22.4 Å². The average molecular weight is 427 g/mol. The van der Waals surface area contributed by atoms with Gasteiger partial charge in [-0.3, -0.25) is 4.79 Å². The Hall–Kier alpha value is -3.49. The van der Waals surface area contributed by atoms with Crippen molar-refractivity contribution in [2.75, 3.05) is 0 Å². The summed E-state index contributed by atoms with van der Waals surface area (Å²) in [6, 6.07) is 30.0. The summed E-state index contributed by atoms with van der Waals surface area (Å²) in [5.41, 5.74) is 3.80. The van der Waals surface area contributed by atoms with Gasteiger partial charge in [-0.15, -0.1) is 11.8 Å². The van der Waals surface area contributed by atoms with Crippen molar-refractivity contribution in [3.63, 3.8) is 0 Å². The van der Waals surface area contributed by atoms with Crippen LogP contribution in [0, 0.1) is 11.3 Å². The third-order valence-corrected chi connectivity index (χ3v) is 6.20. The molecule has 0 saturated carbocycles. The molecule has 0 unspecified atom stereocenters. The molecule has 0 aromatic heterocycles. The van der Waals surface area contributed by atoms with Crippen molar-refractivity contribution in [1.29, 1.82) is 5.26 Å². The molecular formula is C26H22N2O2S. The monoisotopic (exact) mass is 426 g/mol. The number of nitrogens with one attached hydrogen (secondary N) is 1. The number of nitriles is 1. The molecule has 0 saturated heterocycles. The van der Waals surface area contributed by atoms with Crippen molar-refractivity contribution in [2.45, 2.75) is 24.7 Å². The minimum Gasteiger partial charge on any atom is -0.489 e. The Morgan fingerprint density at radius 3 is 2.23 bits per heavy atom. The first kappa shape index (κ1) is 20.8. The zero-order valence-electron chi connectivity index (χ0n) is 17.0. The fourth-order valence-electron chi connectivity index (χ4n) is 3.48. The molecule has 1 N–H and O–H groups in total. The van der Waals surface area contributed by atoms with Gasteiger partial charge in [-0.2, -0.15) is 5.26 Å². The van der Waals surface area contributed by atoms with E-state index in [9.17, 15) is 10.1 Å². The second-order valence-electron chi connectivity index (χ2n) is 7.28. The first-order valence-electron chi connectivity index (χ1n) is 10.1. The minimum absolute atomic E-state index is 0.0658. The molecule has 1 amide bonds. The van der Waals surface area contributed by atoms with Crippen molar-refractivity contribution in [3.8, 4) is 11.8 Å². The molecular weight excluding hydrogens is 404 g/mol.